The summed E-state index contributed by atoms with van der Waals surface area (Å²) < 4.78 is 43.6. The summed E-state index contributed by atoms with van der Waals surface area (Å²) in [6, 6.07) is 8.00. The molecule has 1 saturated heterocycles. The number of carbonyl (C=O) groups excluding carboxylic acids is 1. The maximum absolute atomic E-state index is 13.2. The van der Waals surface area contributed by atoms with Crippen molar-refractivity contribution in [2.45, 2.75) is 44.3 Å². The number of alkyl halides is 3. The molecule has 8 heteroatoms. The van der Waals surface area contributed by atoms with E-state index >= 15 is 0 Å². The van der Waals surface area contributed by atoms with Crippen molar-refractivity contribution in [3.8, 4) is 0 Å². The maximum Gasteiger partial charge on any atom is 0.401 e. The van der Waals surface area contributed by atoms with Gasteiger partial charge in [-0.2, -0.15) is 13.2 Å². The van der Waals surface area contributed by atoms with Gasteiger partial charge in [0, 0.05) is 17.4 Å². The van der Waals surface area contributed by atoms with Crippen LogP contribution in [0.5, 0.6) is 0 Å². The number of hydrogen-bond acceptors (Lipinski definition) is 4. The Bertz CT molecular complexity index is 903. The third-order valence-corrected chi connectivity index (χ3v) is 6.37. The Hall–Kier alpha value is -2.06. The van der Waals surface area contributed by atoms with Crippen molar-refractivity contribution in [2.75, 3.05) is 32.8 Å². The summed E-state index contributed by atoms with van der Waals surface area (Å²) in [6.07, 6.45) is -1.58. The van der Waals surface area contributed by atoms with Gasteiger partial charge < -0.3 is 9.72 Å². The Morgan fingerprint density at radius 1 is 1.27 bits per heavy atom. The zero-order valence-electron chi connectivity index (χ0n) is 17.1. The predicted molar refractivity (Wildman–Crippen MR) is 108 cm³/mol. The number of aromatic amines is 1. The second-order valence-corrected chi connectivity index (χ2v) is 8.37. The Morgan fingerprint density at radius 3 is 2.70 bits per heavy atom. The number of halogens is 3. The number of para-hydroxylation sites is 1. The number of nitrogens with one attached hydrogen (secondary N) is 2. The summed E-state index contributed by atoms with van der Waals surface area (Å²) in [5.74, 6) is -0.168. The van der Waals surface area contributed by atoms with Gasteiger partial charge >= 0.3 is 12.1 Å². The first-order chi connectivity index (χ1) is 14.3. The number of fused-ring (bicyclic) bond motifs is 3. The average molecular weight is 423 g/mol. The van der Waals surface area contributed by atoms with Gasteiger partial charge in [-0.1, -0.05) is 18.2 Å². The van der Waals surface area contributed by atoms with E-state index in [1.54, 1.807) is 6.92 Å². The van der Waals surface area contributed by atoms with Crippen LogP contribution in [-0.4, -0.2) is 54.8 Å². The summed E-state index contributed by atoms with van der Waals surface area (Å²) in [4.78, 5) is 18.1. The van der Waals surface area contributed by atoms with Gasteiger partial charge in [-0.3, -0.25) is 10.2 Å². The van der Waals surface area contributed by atoms with Gasteiger partial charge in [-0.15, -0.1) is 0 Å². The zero-order chi connectivity index (χ0) is 21.4. The second-order valence-electron chi connectivity index (χ2n) is 8.37. The maximum atomic E-state index is 13.2. The van der Waals surface area contributed by atoms with Gasteiger partial charge in [0.2, 0.25) is 0 Å². The Balaban J connectivity index is 1.61. The van der Waals surface area contributed by atoms with E-state index in [0.29, 0.717) is 38.9 Å². The molecule has 1 unspecified atom stereocenters. The van der Waals surface area contributed by atoms with E-state index in [1.807, 2.05) is 18.2 Å². The molecule has 0 amide bonds. The van der Waals surface area contributed by atoms with Crippen LogP contribution >= 0.6 is 0 Å². The largest absolute Gasteiger partial charge is 0.464 e. The second kappa shape index (κ2) is 8.23. The molecule has 0 radical (unpaired) electrons. The van der Waals surface area contributed by atoms with Crippen LogP contribution in [0.3, 0.4) is 0 Å². The van der Waals surface area contributed by atoms with Crippen molar-refractivity contribution < 1.29 is 22.7 Å². The normalized spacial score (nSPS) is 23.5. The summed E-state index contributed by atoms with van der Waals surface area (Å²) in [5, 5.41) is 4.55. The molecule has 0 saturated carbocycles. The number of likely N-dealkylation sites (tertiary alicyclic amines) is 1. The highest BCUT2D eigenvalue weighted by Crippen LogP contribution is 2.40. The lowest BCUT2D eigenvalue weighted by molar-refractivity contribution is -0.154. The highest BCUT2D eigenvalue weighted by molar-refractivity contribution is 5.90. The van der Waals surface area contributed by atoms with Crippen LogP contribution in [-0.2, 0) is 21.5 Å². The molecule has 1 atom stereocenters. The number of aromatic nitrogens is 1. The molecule has 4 rings (SSSR count). The average Bonchev–Trinajstić information content (AvgIpc) is 3.09. The lowest BCUT2D eigenvalue weighted by atomic mass is 9.77. The first-order valence-electron chi connectivity index (χ1n) is 10.6. The number of rotatable bonds is 5. The van der Waals surface area contributed by atoms with Crippen molar-refractivity contribution >= 4 is 16.9 Å². The number of piperidine rings is 1. The number of ether oxygens (including phenoxy) is 1. The van der Waals surface area contributed by atoms with Crippen LogP contribution in [0.2, 0.25) is 0 Å². The van der Waals surface area contributed by atoms with E-state index in [0.717, 1.165) is 28.6 Å². The van der Waals surface area contributed by atoms with Crippen molar-refractivity contribution in [2.24, 2.45) is 5.92 Å². The lowest BCUT2D eigenvalue weighted by Crippen LogP contribution is -2.55. The van der Waals surface area contributed by atoms with E-state index < -0.39 is 18.3 Å². The van der Waals surface area contributed by atoms with E-state index in [-0.39, 0.29) is 18.5 Å². The van der Waals surface area contributed by atoms with Crippen molar-refractivity contribution in [1.29, 1.82) is 0 Å². The molecule has 2 N–H and O–H groups in total. The molecule has 30 heavy (non-hydrogen) atoms. The third-order valence-electron chi connectivity index (χ3n) is 6.37. The van der Waals surface area contributed by atoms with E-state index in [2.05, 4.69) is 16.4 Å². The molecule has 0 spiro atoms. The predicted octanol–water partition coefficient (Wildman–Crippen LogP) is 3.74. The van der Waals surface area contributed by atoms with E-state index in [4.69, 9.17) is 4.74 Å². The zero-order valence-corrected chi connectivity index (χ0v) is 17.1. The van der Waals surface area contributed by atoms with Crippen LogP contribution in [0.1, 0.15) is 37.4 Å². The SMILES string of the molecule is CCOC(=O)C1(CC2CCN(CC(F)(F)F)CC2)NCCc2c1[nH]c1ccccc21. The minimum atomic E-state index is -4.18. The fourth-order valence-electron chi connectivity index (χ4n) is 5.03. The summed E-state index contributed by atoms with van der Waals surface area (Å²) in [7, 11) is 0. The fraction of sp³-hybridized carbons (Fsp3) is 0.591. The molecular weight excluding hydrogens is 395 g/mol. The molecule has 2 aliphatic heterocycles. The first kappa shape index (κ1) is 21.2. The molecule has 164 valence electrons. The molecule has 1 aromatic heterocycles. The van der Waals surface area contributed by atoms with Crippen LogP contribution in [0.25, 0.3) is 10.9 Å². The molecule has 2 aromatic rings. The molecule has 2 aliphatic rings. The Morgan fingerprint density at radius 2 is 2.00 bits per heavy atom. The quantitative estimate of drug-likeness (QED) is 0.720. The van der Waals surface area contributed by atoms with Gasteiger partial charge in [0.25, 0.3) is 0 Å². The molecule has 0 aliphatic carbocycles. The Kier molecular flexibility index (Phi) is 5.81. The highest BCUT2D eigenvalue weighted by Gasteiger charge is 2.48. The van der Waals surface area contributed by atoms with Crippen molar-refractivity contribution in [3.63, 3.8) is 0 Å². The third kappa shape index (κ3) is 4.07. The molecule has 1 fully saturated rings. The highest BCUT2D eigenvalue weighted by atomic mass is 19.4. The number of esters is 1. The molecule has 1 aromatic carbocycles. The topological polar surface area (TPSA) is 57.4 Å². The number of H-pyrrole nitrogens is 1. The number of carbonyl (C=O) groups is 1. The van der Waals surface area contributed by atoms with Crippen molar-refractivity contribution in [3.05, 3.63) is 35.5 Å². The summed E-state index contributed by atoms with van der Waals surface area (Å²) in [6.45, 7) is 2.64. The van der Waals surface area contributed by atoms with Gasteiger partial charge in [-0.25, -0.2) is 4.79 Å². The fourth-order valence-corrected chi connectivity index (χ4v) is 5.03. The molecule has 3 heterocycles. The summed E-state index contributed by atoms with van der Waals surface area (Å²) in [5.41, 5.74) is 1.98. The number of benzene rings is 1. The van der Waals surface area contributed by atoms with Gasteiger partial charge in [0.15, 0.2) is 5.54 Å². The van der Waals surface area contributed by atoms with Gasteiger partial charge in [0.05, 0.1) is 18.8 Å². The first-order valence-corrected chi connectivity index (χ1v) is 10.6. The molecule has 0 bridgehead atoms. The van der Waals surface area contributed by atoms with Gasteiger partial charge in [-0.05, 0) is 63.2 Å². The van der Waals surface area contributed by atoms with Crippen LogP contribution < -0.4 is 5.32 Å². The summed E-state index contributed by atoms with van der Waals surface area (Å²) >= 11 is 0. The van der Waals surface area contributed by atoms with E-state index in [9.17, 15) is 18.0 Å². The molecular formula is C22H28F3N3O2. The minimum Gasteiger partial charge on any atom is -0.464 e. The number of nitrogens with zero attached hydrogens (tertiary/aromatic N) is 1. The Labute approximate surface area is 174 Å². The number of hydrogen-bond donors (Lipinski definition) is 2. The van der Waals surface area contributed by atoms with Gasteiger partial charge in [0.1, 0.15) is 0 Å². The van der Waals surface area contributed by atoms with E-state index in [1.165, 1.54) is 4.90 Å². The minimum absolute atomic E-state index is 0.142. The lowest BCUT2D eigenvalue weighted by Gasteiger charge is -2.41. The van der Waals surface area contributed by atoms with Crippen LogP contribution in [0, 0.1) is 5.92 Å². The van der Waals surface area contributed by atoms with Crippen LogP contribution in [0.4, 0.5) is 13.2 Å². The van der Waals surface area contributed by atoms with Crippen LogP contribution in [0.15, 0.2) is 24.3 Å². The monoisotopic (exact) mass is 423 g/mol. The standard InChI is InChI=1S/C22H28F3N3O2/c1-2-30-20(29)21(13-15-8-11-28(12-9-15)14-22(23,24)25)19-17(7-10-26-21)16-5-3-4-6-18(16)27-19/h3-6,15,26-27H,2,7-14H2,1H3. The van der Waals surface area contributed by atoms with Crippen molar-refractivity contribution in [1.82, 2.24) is 15.2 Å². The smallest absolute Gasteiger partial charge is 0.401 e. The molecule has 5 nitrogen and oxygen atoms in total.